The second-order valence-corrected chi connectivity index (χ2v) is 4.11. The zero-order chi connectivity index (χ0) is 9.97. The number of hydrogen-bond acceptors (Lipinski definition) is 3. The summed E-state index contributed by atoms with van der Waals surface area (Å²) >= 11 is 1.69. The second-order valence-electron chi connectivity index (χ2n) is 3.11. The van der Waals surface area contributed by atoms with Crippen molar-refractivity contribution in [1.29, 1.82) is 0 Å². The molecule has 0 aliphatic heterocycles. The third-order valence-corrected chi connectivity index (χ3v) is 3.17. The van der Waals surface area contributed by atoms with Gasteiger partial charge in [-0.2, -0.15) is 0 Å². The molecule has 1 aromatic carbocycles. The van der Waals surface area contributed by atoms with E-state index in [-0.39, 0.29) is 0 Å². The van der Waals surface area contributed by atoms with Gasteiger partial charge in [0.15, 0.2) is 5.13 Å². The Labute approximate surface area is 87.3 Å². The van der Waals surface area contributed by atoms with Gasteiger partial charge in [0.05, 0.1) is 10.2 Å². The van der Waals surface area contributed by atoms with Crippen molar-refractivity contribution >= 4 is 26.7 Å². The van der Waals surface area contributed by atoms with Crippen LogP contribution in [0.25, 0.3) is 10.2 Å². The van der Waals surface area contributed by atoms with Gasteiger partial charge in [-0.3, -0.25) is 0 Å². The molecule has 0 saturated carbocycles. The normalized spacial score (nSPS) is 10.4. The SMILES string of the molecule is C=CCNc1nc2cccc(C)c2s1. The molecule has 0 aliphatic carbocycles. The number of aryl methyl sites for hydroxylation is 1. The van der Waals surface area contributed by atoms with Gasteiger partial charge in [0, 0.05) is 6.54 Å². The standard InChI is InChI=1S/C11H12N2S/c1-3-7-12-11-13-9-6-4-5-8(2)10(9)14-11/h3-6H,1,7H2,2H3,(H,12,13). The van der Waals surface area contributed by atoms with E-state index < -0.39 is 0 Å². The Hall–Kier alpha value is -1.35. The first kappa shape index (κ1) is 9.21. The maximum atomic E-state index is 4.47. The molecule has 0 unspecified atom stereocenters. The first-order chi connectivity index (χ1) is 6.81. The van der Waals surface area contributed by atoms with Crippen LogP contribution in [0.5, 0.6) is 0 Å². The molecule has 72 valence electrons. The molecule has 0 fully saturated rings. The molecule has 1 N–H and O–H groups in total. The fraction of sp³-hybridized carbons (Fsp3) is 0.182. The van der Waals surface area contributed by atoms with Crippen molar-refractivity contribution in [2.75, 3.05) is 11.9 Å². The topological polar surface area (TPSA) is 24.9 Å². The summed E-state index contributed by atoms with van der Waals surface area (Å²) in [5.74, 6) is 0. The number of aromatic nitrogens is 1. The molecular weight excluding hydrogens is 192 g/mol. The van der Waals surface area contributed by atoms with E-state index in [9.17, 15) is 0 Å². The Morgan fingerprint density at radius 1 is 1.57 bits per heavy atom. The van der Waals surface area contributed by atoms with Crippen LogP contribution < -0.4 is 5.32 Å². The van der Waals surface area contributed by atoms with Gasteiger partial charge >= 0.3 is 0 Å². The number of rotatable bonds is 3. The molecule has 1 aromatic heterocycles. The van der Waals surface area contributed by atoms with Crippen LogP contribution in [0.3, 0.4) is 0 Å². The average molecular weight is 204 g/mol. The van der Waals surface area contributed by atoms with Gasteiger partial charge in [-0.1, -0.05) is 29.5 Å². The lowest BCUT2D eigenvalue weighted by atomic mass is 10.2. The Bertz CT molecular complexity index is 459. The predicted octanol–water partition coefficient (Wildman–Crippen LogP) is 3.20. The van der Waals surface area contributed by atoms with Gasteiger partial charge in [0.2, 0.25) is 0 Å². The zero-order valence-corrected chi connectivity index (χ0v) is 8.90. The summed E-state index contributed by atoms with van der Waals surface area (Å²) < 4.78 is 1.26. The summed E-state index contributed by atoms with van der Waals surface area (Å²) in [6.07, 6.45) is 1.83. The first-order valence-electron chi connectivity index (χ1n) is 4.52. The van der Waals surface area contributed by atoms with E-state index >= 15 is 0 Å². The molecule has 0 amide bonds. The number of fused-ring (bicyclic) bond motifs is 1. The van der Waals surface area contributed by atoms with E-state index in [1.165, 1.54) is 10.3 Å². The molecule has 1 heterocycles. The smallest absolute Gasteiger partial charge is 0.184 e. The highest BCUT2D eigenvalue weighted by Crippen LogP contribution is 2.28. The van der Waals surface area contributed by atoms with Crippen molar-refractivity contribution in [3.05, 3.63) is 36.4 Å². The van der Waals surface area contributed by atoms with E-state index in [0.717, 1.165) is 17.2 Å². The maximum absolute atomic E-state index is 4.47. The van der Waals surface area contributed by atoms with Gasteiger partial charge in [0.1, 0.15) is 0 Å². The first-order valence-corrected chi connectivity index (χ1v) is 5.34. The lowest BCUT2D eigenvalue weighted by molar-refractivity contribution is 1.31. The Kier molecular flexibility index (Phi) is 2.50. The van der Waals surface area contributed by atoms with E-state index in [2.05, 4.69) is 29.9 Å². The van der Waals surface area contributed by atoms with E-state index in [0.29, 0.717) is 0 Å². The average Bonchev–Trinajstić information content (AvgIpc) is 2.59. The van der Waals surface area contributed by atoms with E-state index in [4.69, 9.17) is 0 Å². The fourth-order valence-electron chi connectivity index (χ4n) is 1.32. The Morgan fingerprint density at radius 2 is 2.43 bits per heavy atom. The summed E-state index contributed by atoms with van der Waals surface area (Å²) in [5, 5.41) is 4.17. The fourth-order valence-corrected chi connectivity index (χ4v) is 2.26. The highest BCUT2D eigenvalue weighted by atomic mass is 32.1. The molecule has 2 aromatic rings. The van der Waals surface area contributed by atoms with Crippen molar-refractivity contribution < 1.29 is 0 Å². The van der Waals surface area contributed by atoms with Crippen LogP contribution in [0.4, 0.5) is 5.13 Å². The van der Waals surface area contributed by atoms with Crippen molar-refractivity contribution in [1.82, 2.24) is 4.98 Å². The molecule has 0 atom stereocenters. The van der Waals surface area contributed by atoms with Crippen molar-refractivity contribution in [2.45, 2.75) is 6.92 Å². The van der Waals surface area contributed by atoms with Gasteiger partial charge in [-0.15, -0.1) is 6.58 Å². The summed E-state index contributed by atoms with van der Waals surface area (Å²) in [6, 6.07) is 6.18. The predicted molar refractivity (Wildman–Crippen MR) is 63.0 cm³/mol. The number of thiazole rings is 1. The van der Waals surface area contributed by atoms with Crippen LogP contribution in [0.2, 0.25) is 0 Å². The monoisotopic (exact) mass is 204 g/mol. The Morgan fingerprint density at radius 3 is 3.14 bits per heavy atom. The summed E-state index contributed by atoms with van der Waals surface area (Å²) in [4.78, 5) is 4.47. The molecule has 0 bridgehead atoms. The highest BCUT2D eigenvalue weighted by molar-refractivity contribution is 7.22. The molecule has 0 aliphatic rings. The lowest BCUT2D eigenvalue weighted by Crippen LogP contribution is -1.95. The summed E-state index contributed by atoms with van der Waals surface area (Å²) in [7, 11) is 0. The van der Waals surface area contributed by atoms with Gasteiger partial charge < -0.3 is 5.32 Å². The second kappa shape index (κ2) is 3.80. The van der Waals surface area contributed by atoms with Crippen molar-refractivity contribution in [3.63, 3.8) is 0 Å². The lowest BCUT2D eigenvalue weighted by Gasteiger charge is -1.93. The van der Waals surface area contributed by atoms with E-state index in [1.807, 2.05) is 18.2 Å². The molecule has 0 radical (unpaired) electrons. The molecular formula is C11H12N2S. The molecule has 0 spiro atoms. The quantitative estimate of drug-likeness (QED) is 0.777. The number of nitrogens with zero attached hydrogens (tertiary/aromatic N) is 1. The molecule has 3 heteroatoms. The molecule has 14 heavy (non-hydrogen) atoms. The number of benzene rings is 1. The largest absolute Gasteiger partial charge is 0.358 e. The molecule has 2 nitrogen and oxygen atoms in total. The van der Waals surface area contributed by atoms with Gasteiger partial charge in [-0.25, -0.2) is 4.98 Å². The highest BCUT2D eigenvalue weighted by Gasteiger charge is 2.03. The third-order valence-electron chi connectivity index (χ3n) is 2.01. The van der Waals surface area contributed by atoms with Crippen LogP contribution in [-0.2, 0) is 0 Å². The minimum Gasteiger partial charge on any atom is -0.358 e. The van der Waals surface area contributed by atoms with Crippen LogP contribution in [0.1, 0.15) is 5.56 Å². The van der Waals surface area contributed by atoms with E-state index in [1.54, 1.807) is 11.3 Å². The van der Waals surface area contributed by atoms with Gasteiger partial charge in [0.25, 0.3) is 0 Å². The van der Waals surface area contributed by atoms with Crippen molar-refractivity contribution in [2.24, 2.45) is 0 Å². The molecule has 2 rings (SSSR count). The zero-order valence-electron chi connectivity index (χ0n) is 8.08. The number of anilines is 1. The molecule has 0 saturated heterocycles. The number of hydrogen-bond donors (Lipinski definition) is 1. The van der Waals surface area contributed by atoms with Crippen LogP contribution in [0, 0.1) is 6.92 Å². The minimum atomic E-state index is 0.763. The van der Waals surface area contributed by atoms with Crippen molar-refractivity contribution in [3.8, 4) is 0 Å². The maximum Gasteiger partial charge on any atom is 0.184 e. The number of nitrogens with one attached hydrogen (secondary N) is 1. The van der Waals surface area contributed by atoms with Crippen LogP contribution in [0.15, 0.2) is 30.9 Å². The Balaban J connectivity index is 2.41. The van der Waals surface area contributed by atoms with Gasteiger partial charge in [-0.05, 0) is 18.6 Å². The van der Waals surface area contributed by atoms with Crippen LogP contribution in [-0.4, -0.2) is 11.5 Å². The third kappa shape index (κ3) is 1.63. The van der Waals surface area contributed by atoms with Crippen LogP contribution >= 0.6 is 11.3 Å². The summed E-state index contributed by atoms with van der Waals surface area (Å²) in [5.41, 5.74) is 2.35. The minimum absolute atomic E-state index is 0.763. The summed E-state index contributed by atoms with van der Waals surface area (Å²) in [6.45, 7) is 6.53.